The zero-order valence-electron chi connectivity index (χ0n) is 14.1. The summed E-state index contributed by atoms with van der Waals surface area (Å²) < 4.78 is 1.72. The molecule has 3 aromatic rings. The Morgan fingerprint density at radius 3 is 2.85 bits per heavy atom. The second-order valence-electron chi connectivity index (χ2n) is 7.13. The molecule has 6 rings (SSSR count). The van der Waals surface area contributed by atoms with Gasteiger partial charge in [-0.05, 0) is 37.3 Å². The average Bonchev–Trinajstić information content (AvgIpc) is 3.05. The van der Waals surface area contributed by atoms with Crippen LogP contribution in [0.25, 0.3) is 16.9 Å². The van der Waals surface area contributed by atoms with Gasteiger partial charge in [0.05, 0.1) is 17.6 Å². The molecule has 0 saturated heterocycles. The fourth-order valence-electron chi connectivity index (χ4n) is 3.92. The van der Waals surface area contributed by atoms with E-state index in [1.807, 2.05) is 30.5 Å². The Morgan fingerprint density at radius 2 is 2.12 bits per heavy atom. The van der Waals surface area contributed by atoms with E-state index in [1.165, 1.54) is 31.7 Å². The molecule has 3 aliphatic rings. The summed E-state index contributed by atoms with van der Waals surface area (Å²) in [5, 5.41) is 10.7. The Hall–Kier alpha value is -3.22. The van der Waals surface area contributed by atoms with Crippen molar-refractivity contribution in [1.29, 1.82) is 0 Å². The third-order valence-corrected chi connectivity index (χ3v) is 5.33. The summed E-state index contributed by atoms with van der Waals surface area (Å²) in [4.78, 5) is 20.9. The molecule has 130 valence electrons. The van der Waals surface area contributed by atoms with Crippen LogP contribution in [0.15, 0.2) is 49.4 Å². The van der Waals surface area contributed by atoms with Crippen molar-refractivity contribution in [3.63, 3.8) is 0 Å². The SMILES string of the molecule is C=CC(=O)Nc1ccccc1-c1cn2ncnc2c(NC23CC(C2)C3)n1. The third-order valence-electron chi connectivity index (χ3n) is 5.33. The molecule has 3 saturated carbocycles. The van der Waals surface area contributed by atoms with E-state index < -0.39 is 0 Å². The summed E-state index contributed by atoms with van der Waals surface area (Å²) in [6.45, 7) is 3.51. The number of nitrogens with one attached hydrogen (secondary N) is 2. The first-order chi connectivity index (χ1) is 12.7. The minimum atomic E-state index is -0.258. The van der Waals surface area contributed by atoms with E-state index in [4.69, 9.17) is 4.98 Å². The van der Waals surface area contributed by atoms with Crippen molar-refractivity contribution in [3.05, 3.63) is 49.4 Å². The van der Waals surface area contributed by atoms with Crippen LogP contribution in [0.5, 0.6) is 0 Å². The van der Waals surface area contributed by atoms with Gasteiger partial charge in [0.2, 0.25) is 5.91 Å². The highest BCUT2D eigenvalue weighted by atomic mass is 16.1. The normalized spacial score (nSPS) is 23.0. The van der Waals surface area contributed by atoms with Crippen LogP contribution in [0.2, 0.25) is 0 Å². The molecule has 7 nitrogen and oxygen atoms in total. The van der Waals surface area contributed by atoms with Crippen molar-refractivity contribution in [2.75, 3.05) is 10.6 Å². The summed E-state index contributed by atoms with van der Waals surface area (Å²) >= 11 is 0. The molecule has 0 aliphatic heterocycles. The minimum Gasteiger partial charge on any atom is -0.361 e. The summed E-state index contributed by atoms with van der Waals surface area (Å²) in [6, 6.07) is 7.56. The number of benzene rings is 1. The largest absolute Gasteiger partial charge is 0.361 e. The van der Waals surface area contributed by atoms with Gasteiger partial charge in [-0.1, -0.05) is 24.8 Å². The average molecular weight is 346 g/mol. The lowest BCUT2D eigenvalue weighted by Crippen LogP contribution is -2.63. The highest BCUT2D eigenvalue weighted by Crippen LogP contribution is 2.58. The van der Waals surface area contributed by atoms with Crippen LogP contribution in [-0.2, 0) is 4.79 Å². The van der Waals surface area contributed by atoms with Crippen LogP contribution in [-0.4, -0.2) is 31.0 Å². The van der Waals surface area contributed by atoms with Gasteiger partial charge in [-0.3, -0.25) is 4.79 Å². The predicted molar refractivity (Wildman–Crippen MR) is 98.7 cm³/mol. The zero-order chi connectivity index (χ0) is 17.7. The van der Waals surface area contributed by atoms with E-state index in [0.29, 0.717) is 11.3 Å². The molecule has 0 spiro atoms. The van der Waals surface area contributed by atoms with Gasteiger partial charge >= 0.3 is 0 Å². The molecule has 26 heavy (non-hydrogen) atoms. The van der Waals surface area contributed by atoms with Gasteiger partial charge < -0.3 is 10.6 Å². The maximum absolute atomic E-state index is 11.8. The van der Waals surface area contributed by atoms with Crippen LogP contribution in [0.4, 0.5) is 11.5 Å². The lowest BCUT2D eigenvalue weighted by molar-refractivity contribution is -0.111. The van der Waals surface area contributed by atoms with Gasteiger partial charge in [-0.15, -0.1) is 0 Å². The number of rotatable bonds is 5. The van der Waals surface area contributed by atoms with Crippen LogP contribution < -0.4 is 10.6 Å². The van der Waals surface area contributed by atoms with Gasteiger partial charge in [-0.25, -0.2) is 14.5 Å². The number of carbonyl (C=O) groups excluding carboxylic acids is 1. The molecule has 2 bridgehead atoms. The van der Waals surface area contributed by atoms with Crippen molar-refractivity contribution >= 4 is 23.1 Å². The molecule has 7 heteroatoms. The van der Waals surface area contributed by atoms with Crippen molar-refractivity contribution in [2.45, 2.75) is 24.8 Å². The molecule has 3 aliphatic carbocycles. The summed E-state index contributed by atoms with van der Waals surface area (Å²) in [6.07, 6.45) is 8.20. The maximum atomic E-state index is 11.8. The van der Waals surface area contributed by atoms with E-state index in [9.17, 15) is 4.79 Å². The molecule has 0 unspecified atom stereocenters. The number of amides is 1. The predicted octanol–water partition coefficient (Wildman–Crippen LogP) is 2.88. The second-order valence-corrected chi connectivity index (χ2v) is 7.13. The Kier molecular flexibility index (Phi) is 3.12. The Labute approximate surface area is 150 Å². The van der Waals surface area contributed by atoms with Crippen LogP contribution in [0, 0.1) is 5.92 Å². The summed E-state index contributed by atoms with van der Waals surface area (Å²) in [5.41, 5.74) is 3.11. The summed E-state index contributed by atoms with van der Waals surface area (Å²) in [5.74, 6) is 1.35. The quantitative estimate of drug-likeness (QED) is 0.694. The number of aromatic nitrogens is 4. The number of hydrogen-bond donors (Lipinski definition) is 2. The number of hydrogen-bond acceptors (Lipinski definition) is 5. The second kappa shape index (κ2) is 5.39. The molecule has 3 fully saturated rings. The number of fused-ring (bicyclic) bond motifs is 1. The monoisotopic (exact) mass is 346 g/mol. The maximum Gasteiger partial charge on any atom is 0.247 e. The van der Waals surface area contributed by atoms with Crippen molar-refractivity contribution in [3.8, 4) is 11.3 Å². The van der Waals surface area contributed by atoms with E-state index in [-0.39, 0.29) is 11.4 Å². The lowest BCUT2D eigenvalue weighted by atomic mass is 9.50. The van der Waals surface area contributed by atoms with Crippen molar-refractivity contribution in [2.24, 2.45) is 5.92 Å². The van der Waals surface area contributed by atoms with Gasteiger partial charge in [0.1, 0.15) is 6.33 Å². The van der Waals surface area contributed by atoms with Crippen LogP contribution in [0.3, 0.4) is 0 Å². The van der Waals surface area contributed by atoms with Gasteiger partial charge in [0.25, 0.3) is 0 Å². The molecule has 1 amide bonds. The summed E-state index contributed by atoms with van der Waals surface area (Å²) in [7, 11) is 0. The first-order valence-electron chi connectivity index (χ1n) is 8.67. The topological polar surface area (TPSA) is 84.2 Å². The van der Waals surface area contributed by atoms with Crippen LogP contribution in [0.1, 0.15) is 19.3 Å². The van der Waals surface area contributed by atoms with E-state index >= 15 is 0 Å². The molecule has 0 radical (unpaired) electrons. The first kappa shape index (κ1) is 15.1. The van der Waals surface area contributed by atoms with Crippen LogP contribution >= 0.6 is 0 Å². The highest BCUT2D eigenvalue weighted by molar-refractivity contribution is 6.01. The molecule has 2 heterocycles. The van der Waals surface area contributed by atoms with Gasteiger partial charge in [-0.2, -0.15) is 5.10 Å². The number of para-hydroxylation sites is 1. The third kappa shape index (κ3) is 2.28. The fraction of sp³-hybridized carbons (Fsp3) is 0.263. The molecular weight excluding hydrogens is 328 g/mol. The number of carbonyl (C=O) groups is 1. The van der Waals surface area contributed by atoms with Crippen molar-refractivity contribution < 1.29 is 4.79 Å². The van der Waals surface area contributed by atoms with Gasteiger partial charge in [0.15, 0.2) is 11.5 Å². The molecule has 2 aromatic heterocycles. The highest BCUT2D eigenvalue weighted by Gasteiger charge is 2.57. The Bertz CT molecular complexity index is 1020. The molecular formula is C19H18N6O. The molecule has 1 aromatic carbocycles. The Morgan fingerprint density at radius 1 is 1.31 bits per heavy atom. The van der Waals surface area contributed by atoms with E-state index in [1.54, 1.807) is 4.52 Å². The minimum absolute atomic E-state index is 0.180. The number of anilines is 2. The van der Waals surface area contributed by atoms with E-state index in [2.05, 4.69) is 27.3 Å². The molecule has 0 atom stereocenters. The smallest absolute Gasteiger partial charge is 0.247 e. The first-order valence-corrected chi connectivity index (χ1v) is 8.67. The van der Waals surface area contributed by atoms with E-state index in [0.717, 1.165) is 23.0 Å². The number of nitrogens with zero attached hydrogens (tertiary/aromatic N) is 4. The standard InChI is InChI=1S/C19H18N6O/c1-2-16(26)22-14-6-4-3-5-13(14)15-10-25-18(20-11-21-25)17(23-15)24-19-7-12(8-19)9-19/h2-6,10-12H,1,7-9H2,(H,22,26)(H,23,24). The lowest BCUT2D eigenvalue weighted by Gasteiger charge is -2.62. The Balaban J connectivity index is 1.59. The molecule has 2 N–H and O–H groups in total. The van der Waals surface area contributed by atoms with Gasteiger partial charge in [0, 0.05) is 11.1 Å². The van der Waals surface area contributed by atoms with Crippen molar-refractivity contribution in [1.82, 2.24) is 19.6 Å². The zero-order valence-corrected chi connectivity index (χ0v) is 14.1. The fourth-order valence-corrected chi connectivity index (χ4v) is 3.92.